The maximum Gasteiger partial charge on any atom is 0.183 e. The summed E-state index contributed by atoms with van der Waals surface area (Å²) in [7, 11) is 3.31. The lowest BCUT2D eigenvalue weighted by Crippen LogP contribution is -2.21. The van der Waals surface area contributed by atoms with Gasteiger partial charge in [-0.05, 0) is 24.8 Å². The minimum atomic E-state index is 0.726. The molecule has 0 radical (unpaired) electrons. The van der Waals surface area contributed by atoms with Gasteiger partial charge in [-0.2, -0.15) is 0 Å². The Labute approximate surface area is 128 Å². The Balaban J connectivity index is 1.76. The van der Waals surface area contributed by atoms with Crippen LogP contribution in [0.15, 0.2) is 12.3 Å². The number of nitrogens with zero attached hydrogens (tertiary/aromatic N) is 1. The molecule has 0 bridgehead atoms. The molecule has 118 valence electrons. The Morgan fingerprint density at radius 1 is 1.19 bits per heavy atom. The number of nitrogens with one attached hydrogen (secondary N) is 1. The summed E-state index contributed by atoms with van der Waals surface area (Å²) in [5.74, 6) is 3.30. The fraction of sp³-hybridized carbons (Fsp3) is 0.706. The van der Waals surface area contributed by atoms with E-state index in [1.54, 1.807) is 20.4 Å². The lowest BCUT2D eigenvalue weighted by atomic mass is 9.81. The van der Waals surface area contributed by atoms with Crippen LogP contribution in [0.4, 0.5) is 0 Å². The second kappa shape index (κ2) is 8.23. The monoisotopic (exact) mass is 292 g/mol. The van der Waals surface area contributed by atoms with Crippen LogP contribution < -0.4 is 14.8 Å². The third-order valence-corrected chi connectivity index (χ3v) is 4.52. The van der Waals surface area contributed by atoms with E-state index in [0.717, 1.165) is 42.1 Å². The average Bonchev–Trinajstić information content (AvgIpc) is 2.52. The van der Waals surface area contributed by atoms with Crippen LogP contribution in [0.25, 0.3) is 0 Å². The highest BCUT2D eigenvalue weighted by molar-refractivity contribution is 5.42. The molecule has 0 spiro atoms. The summed E-state index contributed by atoms with van der Waals surface area (Å²) in [6, 6.07) is 1.82. The van der Waals surface area contributed by atoms with Crippen molar-refractivity contribution in [2.45, 2.75) is 45.6 Å². The normalized spacial score (nSPS) is 22.0. The highest BCUT2D eigenvalue weighted by Gasteiger charge is 2.17. The van der Waals surface area contributed by atoms with E-state index in [9.17, 15) is 0 Å². The summed E-state index contributed by atoms with van der Waals surface area (Å²) < 4.78 is 10.7. The molecule has 1 aromatic heterocycles. The van der Waals surface area contributed by atoms with Crippen LogP contribution in [0, 0.1) is 11.8 Å². The van der Waals surface area contributed by atoms with Gasteiger partial charge in [-0.15, -0.1) is 0 Å². The molecule has 0 amide bonds. The Hall–Kier alpha value is -1.29. The molecule has 0 atom stereocenters. The molecular formula is C17H28N2O2. The number of aromatic nitrogens is 1. The van der Waals surface area contributed by atoms with Crippen LogP contribution in [0.1, 0.15) is 44.7 Å². The molecule has 0 unspecified atom stereocenters. The molecule has 1 N–H and O–H groups in total. The summed E-state index contributed by atoms with van der Waals surface area (Å²) in [6.07, 6.45) is 8.61. The number of hydrogen-bond donors (Lipinski definition) is 1. The van der Waals surface area contributed by atoms with E-state index in [1.165, 1.54) is 32.1 Å². The molecule has 4 heteroatoms. The number of hydrogen-bond acceptors (Lipinski definition) is 4. The van der Waals surface area contributed by atoms with Crippen molar-refractivity contribution in [1.82, 2.24) is 10.3 Å². The van der Waals surface area contributed by atoms with Crippen molar-refractivity contribution in [1.29, 1.82) is 0 Å². The molecular weight excluding hydrogens is 264 g/mol. The molecule has 4 nitrogen and oxygen atoms in total. The Morgan fingerprint density at radius 2 is 1.95 bits per heavy atom. The zero-order valence-electron chi connectivity index (χ0n) is 13.5. The van der Waals surface area contributed by atoms with E-state index in [2.05, 4.69) is 17.2 Å². The Kier molecular flexibility index (Phi) is 6.30. The third kappa shape index (κ3) is 4.60. The quantitative estimate of drug-likeness (QED) is 0.782. The van der Waals surface area contributed by atoms with E-state index in [1.807, 2.05) is 6.07 Å². The van der Waals surface area contributed by atoms with Crippen molar-refractivity contribution in [2.75, 3.05) is 20.8 Å². The maximum atomic E-state index is 5.40. The molecule has 2 rings (SSSR count). The fourth-order valence-corrected chi connectivity index (χ4v) is 3.11. The Morgan fingerprint density at radius 3 is 2.62 bits per heavy atom. The van der Waals surface area contributed by atoms with Crippen LogP contribution in [0.3, 0.4) is 0 Å². The van der Waals surface area contributed by atoms with Gasteiger partial charge in [-0.3, -0.25) is 4.98 Å². The lowest BCUT2D eigenvalue weighted by molar-refractivity contribution is 0.275. The summed E-state index contributed by atoms with van der Waals surface area (Å²) in [5.41, 5.74) is 0.911. The minimum Gasteiger partial charge on any atom is -0.493 e. The standard InChI is InChI=1S/C17H28N2O2/c1-13-4-6-14(7-5-13)8-10-18-12-15-17(21-3)16(20-2)9-11-19-15/h9,11,13-14,18H,4-8,10,12H2,1-3H3. The van der Waals surface area contributed by atoms with Gasteiger partial charge in [-0.1, -0.05) is 32.6 Å². The third-order valence-electron chi connectivity index (χ3n) is 4.52. The number of methoxy groups -OCH3 is 2. The van der Waals surface area contributed by atoms with Gasteiger partial charge in [0.05, 0.1) is 19.9 Å². The largest absolute Gasteiger partial charge is 0.493 e. The van der Waals surface area contributed by atoms with Gasteiger partial charge >= 0.3 is 0 Å². The molecule has 0 saturated heterocycles. The van der Waals surface area contributed by atoms with Crippen LogP contribution >= 0.6 is 0 Å². The van der Waals surface area contributed by atoms with E-state index >= 15 is 0 Å². The van der Waals surface area contributed by atoms with Crippen LogP contribution in [0.5, 0.6) is 11.5 Å². The highest BCUT2D eigenvalue weighted by Crippen LogP contribution is 2.30. The van der Waals surface area contributed by atoms with Gasteiger partial charge in [0.25, 0.3) is 0 Å². The van der Waals surface area contributed by atoms with Crippen molar-refractivity contribution in [3.05, 3.63) is 18.0 Å². The molecule has 1 aromatic rings. The van der Waals surface area contributed by atoms with E-state index in [0.29, 0.717) is 0 Å². The molecule has 1 heterocycles. The molecule has 0 aliphatic heterocycles. The predicted molar refractivity (Wildman–Crippen MR) is 84.8 cm³/mol. The van der Waals surface area contributed by atoms with Crippen molar-refractivity contribution in [3.8, 4) is 11.5 Å². The summed E-state index contributed by atoms with van der Waals surface area (Å²) >= 11 is 0. The van der Waals surface area contributed by atoms with Crippen molar-refractivity contribution in [2.24, 2.45) is 11.8 Å². The van der Waals surface area contributed by atoms with Gasteiger partial charge < -0.3 is 14.8 Å². The molecule has 1 aliphatic rings. The molecule has 0 aromatic carbocycles. The minimum absolute atomic E-state index is 0.726. The second-order valence-corrected chi connectivity index (χ2v) is 6.08. The maximum absolute atomic E-state index is 5.40. The van der Waals surface area contributed by atoms with E-state index < -0.39 is 0 Å². The van der Waals surface area contributed by atoms with Crippen molar-refractivity contribution >= 4 is 0 Å². The number of ether oxygens (including phenoxy) is 2. The van der Waals surface area contributed by atoms with Crippen LogP contribution in [-0.4, -0.2) is 25.7 Å². The number of rotatable bonds is 7. The first-order valence-electron chi connectivity index (χ1n) is 8.01. The van der Waals surface area contributed by atoms with E-state index in [-0.39, 0.29) is 0 Å². The van der Waals surface area contributed by atoms with Gasteiger partial charge in [0.15, 0.2) is 11.5 Å². The van der Waals surface area contributed by atoms with E-state index in [4.69, 9.17) is 9.47 Å². The van der Waals surface area contributed by atoms with Gasteiger partial charge in [-0.25, -0.2) is 0 Å². The lowest BCUT2D eigenvalue weighted by Gasteiger charge is -2.26. The zero-order valence-corrected chi connectivity index (χ0v) is 13.5. The topological polar surface area (TPSA) is 43.4 Å². The van der Waals surface area contributed by atoms with Crippen molar-refractivity contribution < 1.29 is 9.47 Å². The summed E-state index contributed by atoms with van der Waals surface area (Å²) in [4.78, 5) is 4.38. The highest BCUT2D eigenvalue weighted by atomic mass is 16.5. The smallest absolute Gasteiger partial charge is 0.183 e. The van der Waals surface area contributed by atoms with Crippen molar-refractivity contribution in [3.63, 3.8) is 0 Å². The fourth-order valence-electron chi connectivity index (χ4n) is 3.11. The Bertz CT molecular complexity index is 429. The zero-order chi connectivity index (χ0) is 15.1. The summed E-state index contributed by atoms with van der Waals surface area (Å²) in [6.45, 7) is 4.14. The first kappa shape index (κ1) is 16.1. The van der Waals surface area contributed by atoms with Crippen LogP contribution in [0.2, 0.25) is 0 Å². The molecule has 1 fully saturated rings. The predicted octanol–water partition coefficient (Wildman–Crippen LogP) is 3.40. The van der Waals surface area contributed by atoms with Gasteiger partial charge in [0, 0.05) is 18.8 Å². The summed E-state index contributed by atoms with van der Waals surface area (Å²) in [5, 5.41) is 3.49. The van der Waals surface area contributed by atoms with Gasteiger partial charge in [0.2, 0.25) is 0 Å². The molecule has 1 aliphatic carbocycles. The first-order chi connectivity index (χ1) is 10.2. The second-order valence-electron chi connectivity index (χ2n) is 6.08. The van der Waals surface area contributed by atoms with Gasteiger partial charge in [0.1, 0.15) is 0 Å². The molecule has 21 heavy (non-hydrogen) atoms. The first-order valence-corrected chi connectivity index (χ1v) is 8.01. The van der Waals surface area contributed by atoms with Crippen LogP contribution in [-0.2, 0) is 6.54 Å². The number of pyridine rings is 1. The average molecular weight is 292 g/mol. The molecule has 1 saturated carbocycles. The SMILES string of the molecule is COc1ccnc(CNCCC2CCC(C)CC2)c1OC.